The Bertz CT molecular complexity index is 443. The molecule has 3 heteroatoms. The summed E-state index contributed by atoms with van der Waals surface area (Å²) >= 11 is 0. The van der Waals surface area contributed by atoms with Crippen LogP contribution < -0.4 is 0 Å². The summed E-state index contributed by atoms with van der Waals surface area (Å²) in [6, 6.07) is 2.63. The fourth-order valence-electron chi connectivity index (χ4n) is 3.11. The van der Waals surface area contributed by atoms with Crippen LogP contribution in [0.3, 0.4) is 0 Å². The fourth-order valence-corrected chi connectivity index (χ4v) is 3.11. The molecule has 21 heavy (non-hydrogen) atoms. The minimum absolute atomic E-state index is 0.0162. The van der Waals surface area contributed by atoms with Crippen molar-refractivity contribution in [2.75, 3.05) is 14.1 Å². The van der Waals surface area contributed by atoms with Crippen molar-refractivity contribution in [3.63, 3.8) is 0 Å². The average Bonchev–Trinajstić information content (AvgIpc) is 2.41. The lowest BCUT2D eigenvalue weighted by atomic mass is 9.73. The van der Waals surface area contributed by atoms with Crippen LogP contribution in [0.4, 0.5) is 0 Å². The molecule has 0 aromatic carbocycles. The Labute approximate surface area is 130 Å². The lowest BCUT2D eigenvalue weighted by molar-refractivity contribution is -0.125. The van der Waals surface area contributed by atoms with E-state index < -0.39 is 0 Å². The number of hydrogen-bond acceptors (Lipinski definition) is 3. The third-order valence-corrected chi connectivity index (χ3v) is 5.06. The molecule has 118 valence electrons. The van der Waals surface area contributed by atoms with Crippen LogP contribution in [0.25, 0.3) is 0 Å². The van der Waals surface area contributed by atoms with Crippen molar-refractivity contribution in [1.29, 1.82) is 5.26 Å². The molecule has 0 saturated heterocycles. The van der Waals surface area contributed by atoms with Gasteiger partial charge in [0, 0.05) is 18.4 Å². The molecule has 1 rings (SSSR count). The molecular weight excluding hydrogens is 260 g/mol. The maximum atomic E-state index is 12.6. The zero-order valence-corrected chi connectivity index (χ0v) is 14.4. The Morgan fingerprint density at radius 2 is 2.00 bits per heavy atom. The molecule has 1 aliphatic rings. The lowest BCUT2D eigenvalue weighted by Crippen LogP contribution is -2.39. The van der Waals surface area contributed by atoms with Gasteiger partial charge in [-0.3, -0.25) is 4.79 Å². The third-order valence-electron chi connectivity index (χ3n) is 5.06. The highest BCUT2D eigenvalue weighted by molar-refractivity contribution is 5.82. The van der Waals surface area contributed by atoms with Gasteiger partial charge in [-0.1, -0.05) is 32.4 Å². The summed E-state index contributed by atoms with van der Waals surface area (Å²) in [5, 5.41) is 9.49. The molecule has 3 atom stereocenters. The molecule has 0 aromatic rings. The molecule has 0 saturated carbocycles. The van der Waals surface area contributed by atoms with E-state index in [-0.39, 0.29) is 29.1 Å². The van der Waals surface area contributed by atoms with Crippen molar-refractivity contribution < 1.29 is 4.79 Å². The number of nitrogens with zero attached hydrogens (tertiary/aromatic N) is 2. The van der Waals surface area contributed by atoms with Crippen molar-refractivity contribution in [1.82, 2.24) is 4.90 Å². The SMILES string of the molecule is C/C1=C\CC(C)(C)C(C#N)CC(=O)[C@@H](C)C(N(C)C)CC1. The summed E-state index contributed by atoms with van der Waals surface area (Å²) < 4.78 is 0. The van der Waals surface area contributed by atoms with E-state index in [1.54, 1.807) is 0 Å². The van der Waals surface area contributed by atoms with Crippen molar-refractivity contribution in [3.8, 4) is 6.07 Å². The van der Waals surface area contributed by atoms with E-state index in [0.29, 0.717) is 6.42 Å². The van der Waals surface area contributed by atoms with E-state index in [0.717, 1.165) is 19.3 Å². The van der Waals surface area contributed by atoms with Gasteiger partial charge >= 0.3 is 0 Å². The third kappa shape index (κ3) is 4.68. The van der Waals surface area contributed by atoms with Crippen LogP contribution in [0.15, 0.2) is 11.6 Å². The molecule has 0 aromatic heterocycles. The Balaban J connectivity index is 3.10. The van der Waals surface area contributed by atoms with Gasteiger partial charge in [0.05, 0.1) is 12.0 Å². The first kappa shape index (κ1) is 17.9. The van der Waals surface area contributed by atoms with Crippen LogP contribution in [0.2, 0.25) is 0 Å². The van der Waals surface area contributed by atoms with Gasteiger partial charge in [-0.15, -0.1) is 0 Å². The minimum Gasteiger partial charge on any atom is -0.306 e. The Morgan fingerprint density at radius 3 is 2.52 bits per heavy atom. The number of Topliss-reactive ketones (excluding diaryl/α,β-unsaturated/α-hetero) is 1. The van der Waals surface area contributed by atoms with Gasteiger partial charge in [0.15, 0.2) is 0 Å². The van der Waals surface area contributed by atoms with Gasteiger partial charge in [0.25, 0.3) is 0 Å². The molecule has 0 fully saturated rings. The molecule has 0 bridgehead atoms. The molecule has 0 heterocycles. The maximum Gasteiger partial charge on any atom is 0.138 e. The lowest BCUT2D eigenvalue weighted by Gasteiger charge is -2.31. The van der Waals surface area contributed by atoms with Crippen LogP contribution in [0.1, 0.15) is 53.4 Å². The molecule has 0 spiro atoms. The first-order chi connectivity index (χ1) is 9.69. The summed E-state index contributed by atoms with van der Waals surface area (Å²) in [4.78, 5) is 14.8. The molecule has 0 aliphatic heterocycles. The summed E-state index contributed by atoms with van der Waals surface area (Å²) in [6.45, 7) is 8.38. The second-order valence-electron chi connectivity index (χ2n) is 7.45. The highest BCUT2D eigenvalue weighted by Crippen LogP contribution is 2.36. The zero-order chi connectivity index (χ0) is 16.2. The van der Waals surface area contributed by atoms with Gasteiger partial charge in [0.2, 0.25) is 0 Å². The normalized spacial score (nSPS) is 33.7. The standard InChI is InChI=1S/C18H30N2O/c1-13-7-8-16(20(5)6)14(2)17(21)11-15(12-19)18(3,4)10-9-13/h9,14-16H,7-8,10-11H2,1-6H3/b13-9+/t14-,15?,16?/m0/s1. The smallest absolute Gasteiger partial charge is 0.138 e. The van der Waals surface area contributed by atoms with E-state index in [4.69, 9.17) is 0 Å². The number of allylic oxidation sites excluding steroid dienone is 2. The number of hydrogen-bond donors (Lipinski definition) is 0. The number of carbonyl (C=O) groups excluding carboxylic acids is 1. The fraction of sp³-hybridized carbons (Fsp3) is 0.778. The van der Waals surface area contributed by atoms with Gasteiger partial charge in [-0.2, -0.15) is 5.26 Å². The van der Waals surface area contributed by atoms with Crippen molar-refractivity contribution in [2.24, 2.45) is 17.3 Å². The van der Waals surface area contributed by atoms with E-state index in [1.165, 1.54) is 5.57 Å². The van der Waals surface area contributed by atoms with Crippen molar-refractivity contribution >= 4 is 5.78 Å². The largest absolute Gasteiger partial charge is 0.306 e. The molecule has 2 unspecified atom stereocenters. The van der Waals surface area contributed by atoms with E-state index in [1.807, 2.05) is 21.0 Å². The quantitative estimate of drug-likeness (QED) is 0.690. The molecular formula is C18H30N2O. The van der Waals surface area contributed by atoms with Gasteiger partial charge in [-0.25, -0.2) is 0 Å². The van der Waals surface area contributed by atoms with Crippen molar-refractivity contribution in [2.45, 2.75) is 59.4 Å². The molecule has 0 radical (unpaired) electrons. The van der Waals surface area contributed by atoms with Gasteiger partial charge < -0.3 is 4.90 Å². The Kier molecular flexibility index (Phi) is 6.16. The van der Waals surface area contributed by atoms with Crippen LogP contribution in [-0.4, -0.2) is 30.8 Å². The molecule has 1 aliphatic carbocycles. The monoisotopic (exact) mass is 290 g/mol. The Hall–Kier alpha value is -1.14. The topological polar surface area (TPSA) is 44.1 Å². The summed E-state index contributed by atoms with van der Waals surface area (Å²) in [5.41, 5.74) is 1.22. The highest BCUT2D eigenvalue weighted by Gasteiger charge is 2.34. The number of rotatable bonds is 1. The summed E-state index contributed by atoms with van der Waals surface area (Å²) in [6.07, 6.45) is 5.53. The first-order valence-electron chi connectivity index (χ1n) is 7.93. The van der Waals surface area contributed by atoms with Crippen LogP contribution in [-0.2, 0) is 4.79 Å². The predicted molar refractivity (Wildman–Crippen MR) is 86.8 cm³/mol. The van der Waals surface area contributed by atoms with E-state index in [9.17, 15) is 10.1 Å². The van der Waals surface area contributed by atoms with E-state index in [2.05, 4.69) is 37.8 Å². The maximum absolute atomic E-state index is 12.6. The second-order valence-corrected chi connectivity index (χ2v) is 7.45. The highest BCUT2D eigenvalue weighted by atomic mass is 16.1. The zero-order valence-electron chi connectivity index (χ0n) is 14.4. The summed E-state index contributed by atoms with van der Waals surface area (Å²) in [7, 11) is 4.08. The summed E-state index contributed by atoms with van der Waals surface area (Å²) in [5.74, 6) is 0.00263. The number of carbonyl (C=O) groups is 1. The first-order valence-corrected chi connectivity index (χ1v) is 7.93. The Morgan fingerprint density at radius 1 is 1.38 bits per heavy atom. The van der Waals surface area contributed by atoms with Gasteiger partial charge in [0.1, 0.15) is 5.78 Å². The van der Waals surface area contributed by atoms with E-state index >= 15 is 0 Å². The molecule has 3 nitrogen and oxygen atoms in total. The van der Waals surface area contributed by atoms with Crippen LogP contribution in [0, 0.1) is 28.6 Å². The molecule has 0 N–H and O–H groups in total. The predicted octanol–water partition coefficient (Wildman–Crippen LogP) is 3.81. The minimum atomic E-state index is -0.211. The van der Waals surface area contributed by atoms with Crippen LogP contribution >= 0.6 is 0 Å². The van der Waals surface area contributed by atoms with Gasteiger partial charge in [-0.05, 0) is 45.7 Å². The average molecular weight is 290 g/mol. The van der Waals surface area contributed by atoms with Crippen LogP contribution in [0.5, 0.6) is 0 Å². The number of nitriles is 1. The second kappa shape index (κ2) is 7.22. The van der Waals surface area contributed by atoms with Crippen molar-refractivity contribution in [3.05, 3.63) is 11.6 Å². The number of ketones is 1. The molecule has 0 amide bonds.